The molecule has 1 aliphatic rings. The minimum Gasteiger partial charge on any atom is -0.331 e. The average molecular weight is 364 g/mol. The van der Waals surface area contributed by atoms with Gasteiger partial charge in [-0.25, -0.2) is 0 Å². The van der Waals surface area contributed by atoms with Gasteiger partial charge in [0.15, 0.2) is 0 Å². The zero-order valence-electron chi connectivity index (χ0n) is 13.6. The van der Waals surface area contributed by atoms with Crippen molar-refractivity contribution in [1.82, 2.24) is 4.90 Å². The zero-order valence-corrected chi connectivity index (χ0v) is 13.6. The summed E-state index contributed by atoms with van der Waals surface area (Å²) in [6.45, 7) is -0.157. The molecule has 0 spiro atoms. The average Bonchev–Trinajstić information content (AvgIpc) is 3.43. The number of hydrogen-bond acceptors (Lipinski definition) is 3. The van der Waals surface area contributed by atoms with E-state index in [0.29, 0.717) is 0 Å². The molecule has 3 rings (SSSR count). The summed E-state index contributed by atoms with van der Waals surface area (Å²) in [7, 11) is 0. The molecule has 0 N–H and O–H groups in total. The topological polar surface area (TPSA) is 63.4 Å². The molecule has 26 heavy (non-hydrogen) atoms. The highest BCUT2D eigenvalue weighted by molar-refractivity contribution is 5.94. The van der Waals surface area contributed by atoms with Crippen molar-refractivity contribution in [2.45, 2.75) is 31.6 Å². The number of hydrogen-bond donors (Lipinski definition) is 0. The highest BCUT2D eigenvalue weighted by atomic mass is 19.4. The Balaban J connectivity index is 1.87. The molecular formula is C18H15F3N2O3. The molecular weight excluding hydrogens is 349 g/mol. The lowest BCUT2D eigenvalue weighted by Gasteiger charge is -2.24. The number of nitrogens with zero attached hydrogens (tertiary/aromatic N) is 2. The summed E-state index contributed by atoms with van der Waals surface area (Å²) in [4.78, 5) is 24.3. The van der Waals surface area contributed by atoms with Gasteiger partial charge in [-0.1, -0.05) is 18.2 Å². The molecule has 8 heteroatoms. The second-order valence-corrected chi connectivity index (χ2v) is 6.12. The van der Waals surface area contributed by atoms with Gasteiger partial charge in [0.25, 0.3) is 11.6 Å². The maximum Gasteiger partial charge on any atom is 0.416 e. The fourth-order valence-electron chi connectivity index (χ4n) is 2.76. The van der Waals surface area contributed by atoms with Gasteiger partial charge in [-0.2, -0.15) is 13.2 Å². The summed E-state index contributed by atoms with van der Waals surface area (Å²) in [5.74, 6) is -0.431. The second-order valence-electron chi connectivity index (χ2n) is 6.12. The fourth-order valence-corrected chi connectivity index (χ4v) is 2.76. The Bertz CT molecular complexity index is 830. The van der Waals surface area contributed by atoms with Crippen LogP contribution < -0.4 is 0 Å². The van der Waals surface area contributed by atoms with Crippen molar-refractivity contribution >= 4 is 11.6 Å². The first-order valence-corrected chi connectivity index (χ1v) is 7.98. The van der Waals surface area contributed by atoms with Crippen LogP contribution >= 0.6 is 0 Å². The van der Waals surface area contributed by atoms with Gasteiger partial charge in [0.05, 0.1) is 10.5 Å². The van der Waals surface area contributed by atoms with Gasteiger partial charge in [0.2, 0.25) is 0 Å². The molecule has 0 aromatic heterocycles. The van der Waals surface area contributed by atoms with Crippen molar-refractivity contribution in [3.63, 3.8) is 0 Å². The van der Waals surface area contributed by atoms with Crippen molar-refractivity contribution in [3.05, 3.63) is 75.3 Å². The van der Waals surface area contributed by atoms with Crippen molar-refractivity contribution < 1.29 is 22.9 Å². The molecule has 1 amide bonds. The second kappa shape index (κ2) is 6.78. The van der Waals surface area contributed by atoms with Crippen LogP contribution in [0.25, 0.3) is 0 Å². The molecule has 0 heterocycles. The lowest BCUT2D eigenvalue weighted by molar-refractivity contribution is -0.384. The van der Waals surface area contributed by atoms with E-state index < -0.39 is 22.6 Å². The molecule has 5 nitrogen and oxygen atoms in total. The Morgan fingerprint density at radius 1 is 1.12 bits per heavy atom. The van der Waals surface area contributed by atoms with Gasteiger partial charge in [0, 0.05) is 30.3 Å². The SMILES string of the molecule is O=C(c1ccc([N+](=O)[O-])cc1)N(Cc1ccccc1C(F)(F)F)C1CC1. The van der Waals surface area contributed by atoms with Crippen LogP contribution in [0, 0.1) is 10.1 Å². The number of amides is 1. The van der Waals surface area contributed by atoms with E-state index in [4.69, 9.17) is 0 Å². The zero-order chi connectivity index (χ0) is 18.9. The maximum absolute atomic E-state index is 13.2. The van der Waals surface area contributed by atoms with E-state index >= 15 is 0 Å². The van der Waals surface area contributed by atoms with Crippen LogP contribution in [-0.2, 0) is 12.7 Å². The summed E-state index contributed by atoms with van der Waals surface area (Å²) >= 11 is 0. The van der Waals surface area contributed by atoms with E-state index in [2.05, 4.69) is 0 Å². The van der Waals surface area contributed by atoms with Crippen molar-refractivity contribution in [1.29, 1.82) is 0 Å². The smallest absolute Gasteiger partial charge is 0.331 e. The number of halogens is 3. The highest BCUT2D eigenvalue weighted by Crippen LogP contribution is 2.35. The fraction of sp³-hybridized carbons (Fsp3) is 0.278. The van der Waals surface area contributed by atoms with Crippen LogP contribution in [0.3, 0.4) is 0 Å². The number of benzene rings is 2. The van der Waals surface area contributed by atoms with Crippen molar-refractivity contribution in [2.75, 3.05) is 0 Å². The van der Waals surface area contributed by atoms with Gasteiger partial charge in [0.1, 0.15) is 0 Å². The first-order valence-electron chi connectivity index (χ1n) is 7.98. The minimum absolute atomic E-state index is 0.0298. The summed E-state index contributed by atoms with van der Waals surface area (Å²) in [6.07, 6.45) is -3.04. The van der Waals surface area contributed by atoms with Gasteiger partial charge in [-0.3, -0.25) is 14.9 Å². The molecule has 1 fully saturated rings. The van der Waals surface area contributed by atoms with E-state index in [9.17, 15) is 28.1 Å². The van der Waals surface area contributed by atoms with E-state index in [0.717, 1.165) is 18.9 Å². The third-order valence-electron chi connectivity index (χ3n) is 4.24. The minimum atomic E-state index is -4.50. The summed E-state index contributed by atoms with van der Waals surface area (Å²) in [5, 5.41) is 10.7. The Hall–Kier alpha value is -2.90. The Morgan fingerprint density at radius 2 is 1.73 bits per heavy atom. The largest absolute Gasteiger partial charge is 0.416 e. The van der Waals surface area contributed by atoms with E-state index in [1.54, 1.807) is 0 Å². The van der Waals surface area contributed by atoms with Gasteiger partial charge in [-0.05, 0) is 36.6 Å². The van der Waals surface area contributed by atoms with Gasteiger partial charge < -0.3 is 4.90 Å². The number of alkyl halides is 3. The molecule has 1 aliphatic carbocycles. The Morgan fingerprint density at radius 3 is 2.27 bits per heavy atom. The summed E-state index contributed by atoms with van der Waals surface area (Å²) in [5.41, 5.74) is -0.668. The Kier molecular flexibility index (Phi) is 4.67. The molecule has 136 valence electrons. The van der Waals surface area contributed by atoms with E-state index in [1.807, 2.05) is 0 Å². The third kappa shape index (κ3) is 3.84. The van der Waals surface area contributed by atoms with E-state index in [1.165, 1.54) is 47.4 Å². The number of non-ortho nitro benzene ring substituents is 1. The number of carbonyl (C=O) groups excluding carboxylic acids is 1. The number of rotatable bonds is 5. The first kappa shape index (κ1) is 17.9. The van der Waals surface area contributed by atoms with Gasteiger partial charge in [-0.15, -0.1) is 0 Å². The molecule has 2 aromatic carbocycles. The molecule has 0 unspecified atom stereocenters. The van der Waals surface area contributed by atoms with Crippen LogP contribution in [0.15, 0.2) is 48.5 Å². The van der Waals surface area contributed by atoms with E-state index in [-0.39, 0.29) is 29.4 Å². The summed E-state index contributed by atoms with van der Waals surface area (Å²) < 4.78 is 39.6. The predicted molar refractivity (Wildman–Crippen MR) is 87.4 cm³/mol. The molecule has 0 atom stereocenters. The van der Waals surface area contributed by atoms with Crippen LogP contribution in [0.1, 0.15) is 34.3 Å². The molecule has 1 saturated carbocycles. The monoisotopic (exact) mass is 364 g/mol. The lowest BCUT2D eigenvalue weighted by atomic mass is 10.1. The number of nitro groups is 1. The highest BCUT2D eigenvalue weighted by Gasteiger charge is 2.37. The number of carbonyl (C=O) groups is 1. The van der Waals surface area contributed by atoms with Crippen molar-refractivity contribution in [2.24, 2.45) is 0 Å². The van der Waals surface area contributed by atoms with Gasteiger partial charge >= 0.3 is 6.18 Å². The standard InChI is InChI=1S/C18H15F3N2O3/c19-18(20,21)16-4-2-1-3-13(16)11-22(14-9-10-14)17(24)12-5-7-15(8-6-12)23(25)26/h1-8,14H,9-11H2. The first-order chi connectivity index (χ1) is 12.3. The number of nitro benzene ring substituents is 1. The molecule has 2 aromatic rings. The summed E-state index contributed by atoms with van der Waals surface area (Å²) in [6, 6.07) is 10.1. The Labute approximate surface area is 147 Å². The molecule has 0 bridgehead atoms. The van der Waals surface area contributed by atoms with Crippen LogP contribution in [0.4, 0.5) is 18.9 Å². The third-order valence-corrected chi connectivity index (χ3v) is 4.24. The van der Waals surface area contributed by atoms with Crippen LogP contribution in [0.2, 0.25) is 0 Å². The molecule has 0 aliphatic heterocycles. The van der Waals surface area contributed by atoms with Crippen LogP contribution in [-0.4, -0.2) is 21.8 Å². The molecule has 0 saturated heterocycles. The van der Waals surface area contributed by atoms with Crippen LogP contribution in [0.5, 0.6) is 0 Å². The molecule has 0 radical (unpaired) electrons. The maximum atomic E-state index is 13.2. The van der Waals surface area contributed by atoms with Crippen molar-refractivity contribution in [3.8, 4) is 0 Å². The predicted octanol–water partition coefficient (Wildman–Crippen LogP) is 4.42. The normalized spacial score (nSPS) is 14.1. The quantitative estimate of drug-likeness (QED) is 0.583. The lowest BCUT2D eigenvalue weighted by Crippen LogP contribution is -2.33.